The van der Waals surface area contributed by atoms with Crippen LogP contribution in [0.15, 0.2) is 30.3 Å². The fourth-order valence-electron chi connectivity index (χ4n) is 4.03. The molecule has 4 rings (SSSR count). The summed E-state index contributed by atoms with van der Waals surface area (Å²) in [7, 11) is 0. The van der Waals surface area contributed by atoms with Gasteiger partial charge in [0.25, 0.3) is 0 Å². The molecule has 1 N–H and O–H groups in total. The Hall–Kier alpha value is -1.92. The molecule has 3 heterocycles. The van der Waals surface area contributed by atoms with E-state index in [1.807, 2.05) is 6.92 Å². The molecule has 0 bridgehead atoms. The Kier molecular flexibility index (Phi) is 4.99. The van der Waals surface area contributed by atoms with Crippen LogP contribution in [-0.4, -0.2) is 70.8 Å². The molecule has 6 heteroatoms. The Morgan fingerprint density at radius 3 is 2.56 bits per heavy atom. The molecule has 0 amide bonds. The number of benzene rings is 1. The molecule has 0 aliphatic carbocycles. The molecule has 2 aliphatic rings. The van der Waals surface area contributed by atoms with Crippen molar-refractivity contribution in [2.24, 2.45) is 0 Å². The number of aromatic amines is 1. The fourth-order valence-corrected chi connectivity index (χ4v) is 4.03. The Labute approximate surface area is 149 Å². The van der Waals surface area contributed by atoms with Gasteiger partial charge >= 0.3 is 0 Å². The Balaban J connectivity index is 1.26. The monoisotopic (exact) mass is 340 g/mol. The molecule has 25 heavy (non-hydrogen) atoms. The molecular formula is C19H28N6. The van der Waals surface area contributed by atoms with E-state index in [2.05, 4.69) is 60.2 Å². The molecular weight excluding hydrogens is 312 g/mol. The van der Waals surface area contributed by atoms with Crippen LogP contribution in [0.2, 0.25) is 0 Å². The summed E-state index contributed by atoms with van der Waals surface area (Å²) in [6.45, 7) is 9.93. The maximum atomic E-state index is 4.55. The first-order valence-electron chi connectivity index (χ1n) is 9.45. The molecule has 2 fully saturated rings. The minimum absolute atomic E-state index is 0.399. The number of para-hydroxylation sites is 1. The van der Waals surface area contributed by atoms with Crippen molar-refractivity contribution in [3.05, 3.63) is 42.0 Å². The van der Waals surface area contributed by atoms with Gasteiger partial charge in [0, 0.05) is 45.0 Å². The molecule has 2 saturated heterocycles. The highest BCUT2D eigenvalue weighted by molar-refractivity contribution is 5.46. The molecule has 1 unspecified atom stereocenters. The van der Waals surface area contributed by atoms with Gasteiger partial charge in [0.15, 0.2) is 5.82 Å². The predicted octanol–water partition coefficient (Wildman–Crippen LogP) is 2.07. The topological polar surface area (TPSA) is 51.3 Å². The predicted molar refractivity (Wildman–Crippen MR) is 99.8 cm³/mol. The number of H-pyrrole nitrogens is 1. The molecule has 0 radical (unpaired) electrons. The van der Waals surface area contributed by atoms with E-state index < -0.39 is 0 Å². The van der Waals surface area contributed by atoms with Crippen molar-refractivity contribution in [3.8, 4) is 0 Å². The minimum Gasteiger partial charge on any atom is -0.369 e. The van der Waals surface area contributed by atoms with Crippen molar-refractivity contribution in [2.75, 3.05) is 50.7 Å². The molecule has 1 atom stereocenters. The average Bonchev–Trinajstić information content (AvgIpc) is 3.29. The lowest BCUT2D eigenvalue weighted by molar-refractivity contribution is 0.184. The average molecular weight is 340 g/mol. The van der Waals surface area contributed by atoms with Gasteiger partial charge in [0.05, 0.1) is 6.04 Å². The van der Waals surface area contributed by atoms with Gasteiger partial charge in [-0.2, -0.15) is 5.10 Å². The van der Waals surface area contributed by atoms with E-state index >= 15 is 0 Å². The summed E-state index contributed by atoms with van der Waals surface area (Å²) in [4.78, 5) is 12.2. The summed E-state index contributed by atoms with van der Waals surface area (Å²) < 4.78 is 0. The van der Waals surface area contributed by atoms with Gasteiger partial charge in [0.1, 0.15) is 5.82 Å². The van der Waals surface area contributed by atoms with Crippen molar-refractivity contribution in [1.82, 2.24) is 25.0 Å². The number of nitrogens with one attached hydrogen (secondary N) is 1. The first-order chi connectivity index (χ1) is 12.3. The highest BCUT2D eigenvalue weighted by Gasteiger charge is 2.29. The second kappa shape index (κ2) is 7.54. The van der Waals surface area contributed by atoms with E-state index in [0.29, 0.717) is 6.04 Å². The standard InChI is InChI=1S/C19H28N6/c1-16-20-19(22-21-16)18-8-5-9-25(18)15-12-23-10-13-24(14-11-23)17-6-3-2-4-7-17/h2-4,6-7,18H,5,8-15H2,1H3,(H,20,21,22). The van der Waals surface area contributed by atoms with Crippen LogP contribution in [-0.2, 0) is 0 Å². The molecule has 2 aliphatic heterocycles. The Morgan fingerprint density at radius 2 is 1.84 bits per heavy atom. The van der Waals surface area contributed by atoms with E-state index in [1.165, 1.54) is 25.1 Å². The lowest BCUT2D eigenvalue weighted by atomic mass is 10.2. The SMILES string of the molecule is Cc1nc(C2CCCN2CCN2CCN(c3ccccc3)CC2)n[nH]1. The number of anilines is 1. The summed E-state index contributed by atoms with van der Waals surface area (Å²) in [6, 6.07) is 11.2. The zero-order chi connectivity index (χ0) is 17.1. The highest BCUT2D eigenvalue weighted by atomic mass is 15.3. The summed E-state index contributed by atoms with van der Waals surface area (Å²) in [5.41, 5.74) is 1.35. The molecule has 1 aromatic heterocycles. The van der Waals surface area contributed by atoms with Gasteiger partial charge < -0.3 is 4.90 Å². The molecule has 2 aromatic rings. The van der Waals surface area contributed by atoms with Crippen LogP contribution in [0.3, 0.4) is 0 Å². The highest BCUT2D eigenvalue weighted by Crippen LogP contribution is 2.29. The first-order valence-corrected chi connectivity index (χ1v) is 9.45. The molecule has 6 nitrogen and oxygen atoms in total. The van der Waals surface area contributed by atoms with E-state index in [0.717, 1.165) is 50.9 Å². The van der Waals surface area contributed by atoms with Crippen molar-refractivity contribution < 1.29 is 0 Å². The molecule has 0 spiro atoms. The molecule has 134 valence electrons. The quantitative estimate of drug-likeness (QED) is 0.903. The van der Waals surface area contributed by atoms with E-state index in [4.69, 9.17) is 0 Å². The molecule has 1 aromatic carbocycles. The van der Waals surface area contributed by atoms with Crippen LogP contribution in [0.25, 0.3) is 0 Å². The van der Waals surface area contributed by atoms with Gasteiger partial charge in [-0.05, 0) is 38.4 Å². The maximum Gasteiger partial charge on any atom is 0.167 e. The van der Waals surface area contributed by atoms with Gasteiger partial charge in [-0.3, -0.25) is 14.9 Å². The number of aromatic nitrogens is 3. The second-order valence-electron chi connectivity index (χ2n) is 7.14. The van der Waals surface area contributed by atoms with Crippen LogP contribution in [0, 0.1) is 6.92 Å². The lowest BCUT2D eigenvalue weighted by Gasteiger charge is -2.37. The number of nitrogens with zero attached hydrogens (tertiary/aromatic N) is 5. The summed E-state index contributed by atoms with van der Waals surface area (Å²) in [5, 5.41) is 7.38. The van der Waals surface area contributed by atoms with Gasteiger partial charge in [-0.15, -0.1) is 0 Å². The van der Waals surface area contributed by atoms with E-state index in [1.54, 1.807) is 0 Å². The summed E-state index contributed by atoms with van der Waals surface area (Å²) >= 11 is 0. The largest absolute Gasteiger partial charge is 0.369 e. The normalized spacial score (nSPS) is 22.6. The second-order valence-corrected chi connectivity index (χ2v) is 7.14. The Morgan fingerprint density at radius 1 is 1.04 bits per heavy atom. The number of aryl methyl sites for hydroxylation is 1. The number of hydrogen-bond acceptors (Lipinski definition) is 5. The first kappa shape index (κ1) is 16.5. The minimum atomic E-state index is 0.399. The fraction of sp³-hybridized carbons (Fsp3) is 0.579. The number of likely N-dealkylation sites (tertiary alicyclic amines) is 1. The Bertz CT molecular complexity index is 662. The van der Waals surface area contributed by atoms with Crippen LogP contribution in [0.5, 0.6) is 0 Å². The van der Waals surface area contributed by atoms with Crippen molar-refractivity contribution in [2.45, 2.75) is 25.8 Å². The van der Waals surface area contributed by atoms with Crippen LogP contribution in [0.4, 0.5) is 5.69 Å². The third kappa shape index (κ3) is 3.85. The summed E-state index contributed by atoms with van der Waals surface area (Å²) in [5.74, 6) is 1.89. The third-order valence-electron chi connectivity index (χ3n) is 5.47. The number of hydrogen-bond donors (Lipinski definition) is 1. The maximum absolute atomic E-state index is 4.55. The van der Waals surface area contributed by atoms with Crippen molar-refractivity contribution in [1.29, 1.82) is 0 Å². The third-order valence-corrected chi connectivity index (χ3v) is 5.47. The van der Waals surface area contributed by atoms with Crippen molar-refractivity contribution >= 4 is 5.69 Å². The van der Waals surface area contributed by atoms with Gasteiger partial charge in [-0.25, -0.2) is 4.98 Å². The zero-order valence-electron chi connectivity index (χ0n) is 15.1. The smallest absolute Gasteiger partial charge is 0.167 e. The van der Waals surface area contributed by atoms with Crippen LogP contribution < -0.4 is 4.90 Å². The lowest BCUT2D eigenvalue weighted by Crippen LogP contribution is -2.48. The van der Waals surface area contributed by atoms with Gasteiger partial charge in [-0.1, -0.05) is 18.2 Å². The number of rotatable bonds is 5. The van der Waals surface area contributed by atoms with Gasteiger partial charge in [0.2, 0.25) is 0 Å². The molecule has 0 saturated carbocycles. The zero-order valence-corrected chi connectivity index (χ0v) is 15.1. The van der Waals surface area contributed by atoms with Crippen LogP contribution in [0.1, 0.15) is 30.5 Å². The van der Waals surface area contributed by atoms with Crippen molar-refractivity contribution in [3.63, 3.8) is 0 Å². The van der Waals surface area contributed by atoms with E-state index in [9.17, 15) is 0 Å². The number of piperazine rings is 1. The summed E-state index contributed by atoms with van der Waals surface area (Å²) in [6.07, 6.45) is 2.43. The van der Waals surface area contributed by atoms with E-state index in [-0.39, 0.29) is 0 Å². The van der Waals surface area contributed by atoms with Crippen LogP contribution >= 0.6 is 0 Å².